The molecular weight excluding hydrogens is 382 g/mol. The van der Waals surface area contributed by atoms with Gasteiger partial charge in [0.2, 0.25) is 5.78 Å². The Hall–Kier alpha value is -3.72. The molecule has 9 heteroatoms. The van der Waals surface area contributed by atoms with Gasteiger partial charge in [-0.1, -0.05) is 31.2 Å². The Kier molecular flexibility index (Phi) is 4.44. The summed E-state index contributed by atoms with van der Waals surface area (Å²) in [6.45, 7) is 3.20. The summed E-state index contributed by atoms with van der Waals surface area (Å²) in [6, 6.07) is 7.75. The van der Waals surface area contributed by atoms with Crippen LogP contribution in [0, 0.1) is 0 Å². The number of aromatic nitrogens is 7. The number of aryl methyl sites for hydroxylation is 1. The molecule has 5 rings (SSSR count). The van der Waals surface area contributed by atoms with Crippen LogP contribution >= 0.6 is 0 Å². The van der Waals surface area contributed by atoms with Crippen molar-refractivity contribution >= 4 is 16.9 Å². The molecule has 5 aromatic rings. The average Bonchev–Trinajstić information content (AvgIpc) is 3.49. The van der Waals surface area contributed by atoms with E-state index in [9.17, 15) is 9.90 Å². The molecule has 1 aromatic carbocycles. The molecule has 4 aromatic heterocycles. The van der Waals surface area contributed by atoms with Crippen molar-refractivity contribution in [2.24, 2.45) is 0 Å². The van der Waals surface area contributed by atoms with E-state index in [0.29, 0.717) is 35.9 Å². The normalized spacial score (nSPS) is 11.7. The molecule has 0 saturated heterocycles. The van der Waals surface area contributed by atoms with Crippen LogP contribution in [0.5, 0.6) is 0 Å². The van der Waals surface area contributed by atoms with E-state index in [1.807, 2.05) is 48.0 Å². The second kappa shape index (κ2) is 7.27. The van der Waals surface area contributed by atoms with Gasteiger partial charge in [0.15, 0.2) is 11.2 Å². The highest BCUT2D eigenvalue weighted by Gasteiger charge is 2.17. The van der Waals surface area contributed by atoms with Gasteiger partial charge in [-0.2, -0.15) is 5.10 Å². The van der Waals surface area contributed by atoms with Crippen LogP contribution in [0.15, 0.2) is 53.8 Å². The number of aromatic amines is 1. The van der Waals surface area contributed by atoms with Crippen LogP contribution in [0.4, 0.5) is 0 Å². The van der Waals surface area contributed by atoms with Crippen molar-refractivity contribution in [1.82, 2.24) is 33.7 Å². The number of aliphatic hydroxyl groups excluding tert-OH is 1. The van der Waals surface area contributed by atoms with E-state index in [2.05, 4.69) is 20.1 Å². The topological polar surface area (TPSA) is 106 Å². The predicted molar refractivity (Wildman–Crippen MR) is 112 cm³/mol. The van der Waals surface area contributed by atoms with Crippen molar-refractivity contribution in [3.8, 4) is 11.4 Å². The fourth-order valence-corrected chi connectivity index (χ4v) is 3.72. The van der Waals surface area contributed by atoms with Gasteiger partial charge in [0.25, 0.3) is 5.56 Å². The number of aliphatic hydroxyl groups is 1. The molecule has 0 amide bonds. The lowest BCUT2D eigenvalue weighted by Crippen LogP contribution is -2.23. The summed E-state index contributed by atoms with van der Waals surface area (Å²) in [5.74, 6) is 1.17. The zero-order valence-electron chi connectivity index (χ0n) is 16.5. The van der Waals surface area contributed by atoms with Gasteiger partial charge in [-0.25, -0.2) is 9.97 Å². The lowest BCUT2D eigenvalue weighted by atomic mass is 10.1. The van der Waals surface area contributed by atoms with Crippen LogP contribution in [0.2, 0.25) is 0 Å². The fraction of sp³-hybridized carbons (Fsp3) is 0.238. The van der Waals surface area contributed by atoms with Gasteiger partial charge in [0.1, 0.15) is 5.82 Å². The molecule has 2 N–H and O–H groups in total. The van der Waals surface area contributed by atoms with Gasteiger partial charge in [0, 0.05) is 25.1 Å². The molecular formula is C21H21N7O2. The average molecular weight is 403 g/mol. The molecule has 0 spiro atoms. The molecule has 30 heavy (non-hydrogen) atoms. The second-order valence-electron chi connectivity index (χ2n) is 7.24. The largest absolute Gasteiger partial charge is 0.392 e. The molecule has 9 nitrogen and oxygen atoms in total. The maximum absolute atomic E-state index is 13.0. The third kappa shape index (κ3) is 3.00. The van der Waals surface area contributed by atoms with Gasteiger partial charge in [-0.3, -0.25) is 18.4 Å². The van der Waals surface area contributed by atoms with E-state index in [-0.39, 0.29) is 12.2 Å². The first-order valence-electron chi connectivity index (χ1n) is 9.85. The van der Waals surface area contributed by atoms with E-state index in [1.54, 1.807) is 21.6 Å². The molecule has 0 bridgehead atoms. The Morgan fingerprint density at radius 3 is 2.93 bits per heavy atom. The summed E-state index contributed by atoms with van der Waals surface area (Å²) in [6.07, 6.45) is 7.93. The first kappa shape index (κ1) is 18.3. The minimum Gasteiger partial charge on any atom is -0.392 e. The third-order valence-electron chi connectivity index (χ3n) is 5.11. The Morgan fingerprint density at radius 1 is 1.23 bits per heavy atom. The number of nitrogens with zero attached hydrogens (tertiary/aromatic N) is 6. The first-order chi connectivity index (χ1) is 14.7. The molecule has 0 saturated carbocycles. The highest BCUT2D eigenvalue weighted by molar-refractivity contribution is 5.77. The van der Waals surface area contributed by atoms with E-state index in [1.165, 1.54) is 0 Å². The fourth-order valence-electron chi connectivity index (χ4n) is 3.72. The van der Waals surface area contributed by atoms with E-state index in [0.717, 1.165) is 23.1 Å². The molecule has 0 atom stereocenters. The SMILES string of the molecule is CCCn1c(=O)c2[nH]c(-c3cnn(Cc4cccc(CO)c4)c3)nc2n2ccnc12. The summed E-state index contributed by atoms with van der Waals surface area (Å²) in [4.78, 5) is 25.1. The number of hydrogen-bond donors (Lipinski definition) is 2. The maximum atomic E-state index is 13.0. The van der Waals surface area contributed by atoms with Crippen molar-refractivity contribution in [2.75, 3.05) is 0 Å². The lowest BCUT2D eigenvalue weighted by molar-refractivity contribution is 0.281. The number of hydrogen-bond acceptors (Lipinski definition) is 5. The molecule has 0 fully saturated rings. The smallest absolute Gasteiger partial charge is 0.280 e. The van der Waals surface area contributed by atoms with Crippen LogP contribution in [0.25, 0.3) is 28.3 Å². The molecule has 0 radical (unpaired) electrons. The zero-order chi connectivity index (χ0) is 20.7. The number of nitrogens with one attached hydrogen (secondary N) is 1. The number of imidazole rings is 2. The van der Waals surface area contributed by atoms with Crippen molar-refractivity contribution in [3.05, 3.63) is 70.5 Å². The van der Waals surface area contributed by atoms with E-state index >= 15 is 0 Å². The van der Waals surface area contributed by atoms with Crippen molar-refractivity contribution in [3.63, 3.8) is 0 Å². The monoisotopic (exact) mass is 403 g/mol. The number of benzene rings is 1. The molecule has 152 valence electrons. The maximum Gasteiger partial charge on any atom is 0.280 e. The summed E-state index contributed by atoms with van der Waals surface area (Å²) in [5.41, 5.74) is 3.58. The van der Waals surface area contributed by atoms with Crippen LogP contribution < -0.4 is 5.56 Å². The molecule has 0 aliphatic carbocycles. The molecule has 4 heterocycles. The van der Waals surface area contributed by atoms with Crippen molar-refractivity contribution < 1.29 is 5.11 Å². The minimum atomic E-state index is -0.127. The van der Waals surface area contributed by atoms with Gasteiger partial charge < -0.3 is 10.1 Å². The highest BCUT2D eigenvalue weighted by atomic mass is 16.3. The van der Waals surface area contributed by atoms with Crippen molar-refractivity contribution in [2.45, 2.75) is 33.0 Å². The van der Waals surface area contributed by atoms with Gasteiger partial charge in [-0.15, -0.1) is 0 Å². The third-order valence-corrected chi connectivity index (χ3v) is 5.11. The number of fused-ring (bicyclic) bond motifs is 3. The Balaban J connectivity index is 1.54. The molecule has 0 unspecified atom stereocenters. The van der Waals surface area contributed by atoms with E-state index in [4.69, 9.17) is 0 Å². The van der Waals surface area contributed by atoms with Crippen LogP contribution in [0.3, 0.4) is 0 Å². The highest BCUT2D eigenvalue weighted by Crippen LogP contribution is 2.20. The molecule has 0 aliphatic rings. The first-order valence-corrected chi connectivity index (χ1v) is 9.85. The van der Waals surface area contributed by atoms with Gasteiger partial charge in [-0.05, 0) is 17.5 Å². The summed E-state index contributed by atoms with van der Waals surface area (Å²) in [5, 5.41) is 13.7. The zero-order valence-corrected chi connectivity index (χ0v) is 16.5. The lowest BCUT2D eigenvalue weighted by Gasteiger charge is -2.05. The standard InChI is InChI=1S/C21H21N7O2/c1-2-7-28-20(30)17-19(27-8-6-22-21(27)28)25-18(24-17)16-10-23-26(12-16)11-14-4-3-5-15(9-14)13-29/h3-6,8-10,12,29H,2,7,11,13H2,1H3,(H,24,25). The van der Waals surface area contributed by atoms with E-state index < -0.39 is 0 Å². The second-order valence-corrected chi connectivity index (χ2v) is 7.24. The Labute approximate surface area is 171 Å². The summed E-state index contributed by atoms with van der Waals surface area (Å²) < 4.78 is 5.31. The quantitative estimate of drug-likeness (QED) is 0.452. The minimum absolute atomic E-state index is 0.00939. The summed E-state index contributed by atoms with van der Waals surface area (Å²) in [7, 11) is 0. The Morgan fingerprint density at radius 2 is 2.10 bits per heavy atom. The molecule has 0 aliphatic heterocycles. The van der Waals surface area contributed by atoms with Gasteiger partial charge in [0.05, 0.1) is 24.9 Å². The van der Waals surface area contributed by atoms with Gasteiger partial charge >= 0.3 is 0 Å². The van der Waals surface area contributed by atoms with Crippen molar-refractivity contribution in [1.29, 1.82) is 0 Å². The predicted octanol–water partition coefficient (Wildman–Crippen LogP) is 2.19. The number of rotatable bonds is 6. The number of H-pyrrole nitrogens is 1. The summed E-state index contributed by atoms with van der Waals surface area (Å²) >= 11 is 0. The van der Waals surface area contributed by atoms with Crippen LogP contribution in [-0.4, -0.2) is 38.8 Å². The van der Waals surface area contributed by atoms with Crippen LogP contribution in [0.1, 0.15) is 24.5 Å². The van der Waals surface area contributed by atoms with Crippen LogP contribution in [-0.2, 0) is 19.7 Å². The Bertz CT molecular complexity index is 1410.